The first kappa shape index (κ1) is 28.9. The van der Waals surface area contributed by atoms with Crippen LogP contribution in [0.2, 0.25) is 0 Å². The van der Waals surface area contributed by atoms with E-state index in [9.17, 15) is 4.79 Å². The molecule has 1 N–H and O–H groups in total. The van der Waals surface area contributed by atoms with Crippen molar-refractivity contribution in [2.45, 2.75) is 66.2 Å². The van der Waals surface area contributed by atoms with Gasteiger partial charge in [0.1, 0.15) is 17.4 Å². The molecular weight excluding hydrogens is 540 g/mol. The van der Waals surface area contributed by atoms with Gasteiger partial charge in [-0.2, -0.15) is 5.10 Å². The predicted octanol–water partition coefficient (Wildman–Crippen LogP) is 5.97. The van der Waals surface area contributed by atoms with Crippen molar-refractivity contribution < 1.29 is 14.3 Å². The molecule has 0 bridgehead atoms. The first-order valence-corrected chi connectivity index (χ1v) is 14.9. The minimum Gasteiger partial charge on any atom is -0.489 e. The number of nitrogens with one attached hydrogen (secondary N) is 1. The number of aryl methyl sites for hydroxylation is 3. The quantitative estimate of drug-likeness (QED) is 0.237. The van der Waals surface area contributed by atoms with Crippen molar-refractivity contribution in [2.75, 3.05) is 13.7 Å². The Morgan fingerprint density at radius 2 is 2.00 bits per heavy atom. The van der Waals surface area contributed by atoms with Gasteiger partial charge in [-0.25, -0.2) is 4.68 Å². The van der Waals surface area contributed by atoms with Gasteiger partial charge in [0.2, 0.25) is 0 Å². The van der Waals surface area contributed by atoms with Crippen LogP contribution in [0.5, 0.6) is 5.75 Å². The average Bonchev–Trinajstić information content (AvgIpc) is 3.58. The van der Waals surface area contributed by atoms with Crippen LogP contribution in [0.15, 0.2) is 48.7 Å². The lowest BCUT2D eigenvalue weighted by Gasteiger charge is -2.34. The lowest BCUT2D eigenvalue weighted by molar-refractivity contribution is -0.151. The van der Waals surface area contributed by atoms with Crippen molar-refractivity contribution in [3.05, 3.63) is 82.0 Å². The molecule has 2 aromatic heterocycles. The molecule has 5 aromatic rings. The van der Waals surface area contributed by atoms with E-state index < -0.39 is 5.41 Å². The van der Waals surface area contributed by atoms with Gasteiger partial charge in [0.15, 0.2) is 0 Å². The molecule has 224 valence electrons. The fourth-order valence-corrected chi connectivity index (χ4v) is 6.66. The highest BCUT2D eigenvalue weighted by Gasteiger charge is 2.41. The van der Waals surface area contributed by atoms with Crippen LogP contribution in [0, 0.1) is 19.3 Å². The van der Waals surface area contributed by atoms with Crippen molar-refractivity contribution in [3.63, 3.8) is 0 Å². The Morgan fingerprint density at radius 3 is 2.77 bits per heavy atom. The summed E-state index contributed by atoms with van der Waals surface area (Å²) in [4.78, 5) is 15.8. The van der Waals surface area contributed by atoms with Crippen LogP contribution in [-0.2, 0) is 29.7 Å². The number of aromatic amines is 1. The molecule has 6 rings (SSSR count). The number of ether oxygens (including phenoxy) is 2. The molecule has 0 amide bonds. The average molecular weight is 581 g/mol. The smallest absolute Gasteiger partial charge is 0.312 e. The molecule has 3 heterocycles. The number of aromatic nitrogens is 5. The minimum atomic E-state index is -0.836. The Balaban J connectivity index is 1.42. The summed E-state index contributed by atoms with van der Waals surface area (Å²) in [6, 6.07) is 14.9. The molecule has 1 aliphatic heterocycles. The second kappa shape index (κ2) is 11.1. The second-order valence-corrected chi connectivity index (χ2v) is 12.4. The predicted molar refractivity (Wildman–Crippen MR) is 167 cm³/mol. The number of H-pyrrole nitrogens is 1. The fourth-order valence-electron chi connectivity index (χ4n) is 6.66. The molecular formula is C34H40N6O3. The molecule has 0 radical (unpaired) electrons. The van der Waals surface area contributed by atoms with E-state index in [-0.39, 0.29) is 18.0 Å². The number of carbonyl (C=O) groups excluding carboxylic acids is 1. The number of rotatable bonds is 7. The Morgan fingerprint density at radius 1 is 1.19 bits per heavy atom. The summed E-state index contributed by atoms with van der Waals surface area (Å²) < 4.78 is 13.6. The number of esters is 1. The van der Waals surface area contributed by atoms with Crippen LogP contribution >= 0.6 is 0 Å². The number of nitrogens with zero attached hydrogens (tertiary/aromatic N) is 5. The molecule has 3 aromatic carbocycles. The van der Waals surface area contributed by atoms with E-state index in [1.165, 1.54) is 18.2 Å². The van der Waals surface area contributed by atoms with Crippen molar-refractivity contribution in [2.24, 2.45) is 12.5 Å². The lowest BCUT2D eigenvalue weighted by Crippen LogP contribution is -2.34. The van der Waals surface area contributed by atoms with Gasteiger partial charge >= 0.3 is 5.97 Å². The van der Waals surface area contributed by atoms with Crippen molar-refractivity contribution in [1.82, 2.24) is 30.1 Å². The molecule has 0 aliphatic carbocycles. The summed E-state index contributed by atoms with van der Waals surface area (Å²) in [6.07, 6.45) is 2.85. The van der Waals surface area contributed by atoms with Crippen molar-refractivity contribution >= 4 is 27.9 Å². The van der Waals surface area contributed by atoms with E-state index in [1.54, 1.807) is 4.68 Å². The van der Waals surface area contributed by atoms with Gasteiger partial charge in [0.25, 0.3) is 0 Å². The van der Waals surface area contributed by atoms with Gasteiger partial charge in [0, 0.05) is 43.5 Å². The fraction of sp³-hybridized carbons (Fsp3) is 0.412. The summed E-state index contributed by atoms with van der Waals surface area (Å²) in [5, 5.41) is 17.2. The van der Waals surface area contributed by atoms with Crippen molar-refractivity contribution in [1.29, 1.82) is 0 Å². The standard InChI is InChI=1S/C34H40N6O3/c1-8-25-18-40(19-27-29(43-25)14-11-23-16-35-36-32(23)27)17-24-15-22(10-9-20(24)2)30(34(4,5)33(41)42-7)26-12-13-28-31(21(26)3)37-38-39(28)6/h9-16,25,30H,8,17-19H2,1-7H3,(H,35,36)/t25-,30?/m1/s1. The highest BCUT2D eigenvalue weighted by molar-refractivity contribution is 5.84. The molecule has 9 nitrogen and oxygen atoms in total. The zero-order chi connectivity index (χ0) is 30.5. The maximum atomic E-state index is 13.3. The lowest BCUT2D eigenvalue weighted by atomic mass is 9.69. The van der Waals surface area contributed by atoms with E-state index in [2.05, 4.69) is 82.6 Å². The minimum absolute atomic E-state index is 0.0810. The van der Waals surface area contributed by atoms with E-state index in [0.29, 0.717) is 0 Å². The van der Waals surface area contributed by atoms with Crippen LogP contribution in [-0.4, -0.2) is 55.8 Å². The largest absolute Gasteiger partial charge is 0.489 e. The first-order chi connectivity index (χ1) is 20.6. The summed E-state index contributed by atoms with van der Waals surface area (Å²) in [5.41, 5.74) is 8.69. The van der Waals surface area contributed by atoms with E-state index in [1.807, 2.05) is 33.2 Å². The molecule has 43 heavy (non-hydrogen) atoms. The Labute approximate surface area is 252 Å². The van der Waals surface area contributed by atoms with Crippen LogP contribution < -0.4 is 4.74 Å². The zero-order valence-electron chi connectivity index (χ0n) is 26.1. The molecule has 1 aliphatic rings. The summed E-state index contributed by atoms with van der Waals surface area (Å²) in [6.45, 7) is 12.6. The van der Waals surface area contributed by atoms with Crippen molar-refractivity contribution in [3.8, 4) is 5.75 Å². The molecule has 9 heteroatoms. The third kappa shape index (κ3) is 5.05. The Bertz CT molecular complexity index is 1820. The third-order valence-electron chi connectivity index (χ3n) is 9.20. The highest BCUT2D eigenvalue weighted by Crippen LogP contribution is 2.44. The topological polar surface area (TPSA) is 98.2 Å². The maximum Gasteiger partial charge on any atom is 0.312 e. The maximum absolute atomic E-state index is 13.3. The zero-order valence-corrected chi connectivity index (χ0v) is 26.1. The summed E-state index contributed by atoms with van der Waals surface area (Å²) in [7, 11) is 3.35. The van der Waals surface area contributed by atoms with Crippen LogP contribution in [0.4, 0.5) is 0 Å². The van der Waals surface area contributed by atoms with E-state index in [0.717, 1.165) is 76.0 Å². The number of hydrogen-bond donors (Lipinski definition) is 1. The summed E-state index contributed by atoms with van der Waals surface area (Å²) >= 11 is 0. The molecule has 2 atom stereocenters. The number of methoxy groups -OCH3 is 1. The normalized spacial score (nSPS) is 16.6. The van der Waals surface area contributed by atoms with Gasteiger partial charge in [-0.3, -0.25) is 14.8 Å². The molecule has 0 saturated heterocycles. The molecule has 0 fully saturated rings. The van der Waals surface area contributed by atoms with Crippen LogP contribution in [0.25, 0.3) is 21.9 Å². The molecule has 0 saturated carbocycles. The van der Waals surface area contributed by atoms with E-state index in [4.69, 9.17) is 9.47 Å². The molecule has 0 spiro atoms. The number of benzene rings is 3. The highest BCUT2D eigenvalue weighted by atomic mass is 16.5. The molecule has 1 unspecified atom stereocenters. The number of carbonyl (C=O) groups is 1. The third-order valence-corrected chi connectivity index (χ3v) is 9.20. The van der Waals surface area contributed by atoms with Gasteiger partial charge < -0.3 is 9.47 Å². The van der Waals surface area contributed by atoms with Gasteiger partial charge in [-0.05, 0) is 80.1 Å². The number of hydrogen-bond acceptors (Lipinski definition) is 7. The Hall–Kier alpha value is -4.24. The van der Waals surface area contributed by atoms with Gasteiger partial charge in [-0.1, -0.05) is 36.4 Å². The van der Waals surface area contributed by atoms with E-state index >= 15 is 0 Å². The summed E-state index contributed by atoms with van der Waals surface area (Å²) in [5.74, 6) is 0.409. The SMILES string of the molecule is CC[C@@H]1CN(Cc2cc(C(c3ccc4c(nnn4C)c3C)C(C)(C)C(=O)OC)ccc2C)Cc2c(ccc3cn[nH]c23)O1. The first-order valence-electron chi connectivity index (χ1n) is 14.9. The van der Waals surface area contributed by atoms with Gasteiger partial charge in [0.05, 0.1) is 29.8 Å². The van der Waals surface area contributed by atoms with Crippen LogP contribution in [0.1, 0.15) is 66.5 Å². The second-order valence-electron chi connectivity index (χ2n) is 12.4. The van der Waals surface area contributed by atoms with Crippen LogP contribution in [0.3, 0.4) is 0 Å². The van der Waals surface area contributed by atoms with Gasteiger partial charge in [-0.15, -0.1) is 5.10 Å². The monoisotopic (exact) mass is 580 g/mol. The Kier molecular flexibility index (Phi) is 7.46. The number of fused-ring (bicyclic) bond motifs is 4.